The molecule has 146 valence electrons. The third kappa shape index (κ3) is 6.98. The summed E-state index contributed by atoms with van der Waals surface area (Å²) in [6.07, 6.45) is 12.5. The monoisotopic (exact) mass is 356 g/mol. The number of rotatable bonds is 5. The molecule has 0 spiro atoms. The second-order valence-corrected chi connectivity index (χ2v) is 8.52. The van der Waals surface area contributed by atoms with Crippen molar-refractivity contribution in [3.05, 3.63) is 0 Å². The van der Waals surface area contributed by atoms with Gasteiger partial charge >= 0.3 is 0 Å². The predicted molar refractivity (Wildman–Crippen MR) is 113 cm³/mol. The molecule has 4 atom stereocenters. The molecule has 0 bridgehead atoms. The maximum absolute atomic E-state index is 3.40. The van der Waals surface area contributed by atoms with Crippen LogP contribution in [0.1, 0.15) is 91.9 Å². The van der Waals surface area contributed by atoms with E-state index in [1.54, 1.807) is 0 Å². The highest BCUT2D eigenvalue weighted by Gasteiger charge is 2.24. The van der Waals surface area contributed by atoms with Gasteiger partial charge in [0.05, 0.1) is 13.1 Å². The Morgan fingerprint density at radius 2 is 0.923 bits per heavy atom. The molecular formula is C24H40N2. The molecule has 0 radical (unpaired) electrons. The number of hydrogen-bond acceptors (Lipinski definition) is 2. The van der Waals surface area contributed by atoms with Crippen molar-refractivity contribution in [3.8, 4) is 23.7 Å². The van der Waals surface area contributed by atoms with E-state index < -0.39 is 0 Å². The molecular weight excluding hydrogens is 316 g/mol. The van der Waals surface area contributed by atoms with Crippen molar-refractivity contribution in [2.24, 2.45) is 0 Å². The van der Waals surface area contributed by atoms with Crippen LogP contribution in [0.25, 0.3) is 0 Å². The molecule has 0 aromatic heterocycles. The van der Waals surface area contributed by atoms with E-state index in [0.717, 1.165) is 25.9 Å². The highest BCUT2D eigenvalue weighted by molar-refractivity contribution is 5.04. The fraction of sp³-hybridized carbons (Fsp3) is 0.833. The van der Waals surface area contributed by atoms with Crippen LogP contribution in [0.5, 0.6) is 0 Å². The minimum absolute atomic E-state index is 0.702. The first-order valence-corrected chi connectivity index (χ1v) is 11.0. The van der Waals surface area contributed by atoms with Gasteiger partial charge in [-0.05, 0) is 66.2 Å². The lowest BCUT2D eigenvalue weighted by Gasteiger charge is -2.37. The molecule has 2 aliphatic rings. The number of hydrogen-bond donors (Lipinski definition) is 0. The van der Waals surface area contributed by atoms with E-state index in [9.17, 15) is 0 Å². The Kier molecular flexibility index (Phi) is 9.60. The highest BCUT2D eigenvalue weighted by Crippen LogP contribution is 2.22. The summed E-state index contributed by atoms with van der Waals surface area (Å²) in [6, 6.07) is 2.81. The van der Waals surface area contributed by atoms with E-state index in [1.807, 2.05) is 0 Å². The van der Waals surface area contributed by atoms with E-state index in [1.165, 1.54) is 51.4 Å². The average molecular weight is 357 g/mol. The van der Waals surface area contributed by atoms with E-state index in [4.69, 9.17) is 0 Å². The molecule has 2 saturated heterocycles. The highest BCUT2D eigenvalue weighted by atomic mass is 15.2. The fourth-order valence-corrected chi connectivity index (χ4v) is 4.47. The molecule has 0 aromatic carbocycles. The van der Waals surface area contributed by atoms with Gasteiger partial charge in [-0.25, -0.2) is 0 Å². The van der Waals surface area contributed by atoms with Gasteiger partial charge in [0.25, 0.3) is 0 Å². The van der Waals surface area contributed by atoms with E-state index in [-0.39, 0.29) is 0 Å². The molecule has 2 rings (SSSR count). The van der Waals surface area contributed by atoms with Gasteiger partial charge in [0.1, 0.15) is 0 Å². The molecule has 0 N–H and O–H groups in total. The quantitative estimate of drug-likeness (QED) is 0.501. The maximum Gasteiger partial charge on any atom is 0.0606 e. The molecule has 26 heavy (non-hydrogen) atoms. The van der Waals surface area contributed by atoms with Crippen molar-refractivity contribution in [3.63, 3.8) is 0 Å². The largest absolute Gasteiger partial charge is 0.287 e. The summed E-state index contributed by atoms with van der Waals surface area (Å²) < 4.78 is 0. The van der Waals surface area contributed by atoms with Gasteiger partial charge in [-0.2, -0.15) is 0 Å². The van der Waals surface area contributed by atoms with Gasteiger partial charge in [-0.1, -0.05) is 24.7 Å². The van der Waals surface area contributed by atoms with Gasteiger partial charge in [0.15, 0.2) is 0 Å². The normalized spacial score (nSPS) is 30.2. The zero-order valence-corrected chi connectivity index (χ0v) is 17.7. The summed E-state index contributed by atoms with van der Waals surface area (Å²) in [4.78, 5) is 5.15. The van der Waals surface area contributed by atoms with Crippen LogP contribution in [0.3, 0.4) is 0 Å². The van der Waals surface area contributed by atoms with E-state index in [0.29, 0.717) is 24.2 Å². The van der Waals surface area contributed by atoms with Crippen molar-refractivity contribution in [1.29, 1.82) is 0 Å². The van der Waals surface area contributed by atoms with Gasteiger partial charge in [0, 0.05) is 37.0 Å². The summed E-state index contributed by atoms with van der Waals surface area (Å²) >= 11 is 0. The van der Waals surface area contributed by atoms with Crippen molar-refractivity contribution in [2.45, 2.75) is 116 Å². The van der Waals surface area contributed by atoms with E-state index >= 15 is 0 Å². The number of nitrogens with zero attached hydrogens (tertiary/aromatic N) is 2. The maximum atomic E-state index is 3.40. The van der Waals surface area contributed by atoms with Crippen LogP contribution in [-0.4, -0.2) is 47.1 Å². The van der Waals surface area contributed by atoms with Crippen LogP contribution >= 0.6 is 0 Å². The van der Waals surface area contributed by atoms with Gasteiger partial charge < -0.3 is 0 Å². The SMILES string of the molecule is CC1CCCC(C)N1CC#CCCCCC#CCN1C(C)CCCC1C. The molecule has 0 aliphatic carbocycles. The Bertz CT molecular complexity index is 450. The van der Waals surface area contributed by atoms with Gasteiger partial charge in [-0.15, -0.1) is 11.8 Å². The number of piperidine rings is 2. The predicted octanol–water partition coefficient (Wildman–Crippen LogP) is 5.08. The molecule has 2 fully saturated rings. The average Bonchev–Trinajstić information content (AvgIpc) is 2.61. The fourth-order valence-electron chi connectivity index (χ4n) is 4.47. The van der Waals surface area contributed by atoms with Crippen LogP contribution in [0.4, 0.5) is 0 Å². The van der Waals surface area contributed by atoms with Crippen molar-refractivity contribution < 1.29 is 0 Å². The van der Waals surface area contributed by atoms with Gasteiger partial charge in [-0.3, -0.25) is 9.80 Å². The summed E-state index contributed by atoms with van der Waals surface area (Å²) in [5, 5.41) is 0. The molecule has 0 aromatic rings. The minimum atomic E-state index is 0.702. The van der Waals surface area contributed by atoms with Gasteiger partial charge in [0.2, 0.25) is 0 Å². The second kappa shape index (κ2) is 11.7. The first kappa shape index (κ1) is 21.3. The lowest BCUT2D eigenvalue weighted by molar-refractivity contribution is 0.121. The van der Waals surface area contributed by atoms with Crippen LogP contribution in [0.2, 0.25) is 0 Å². The Morgan fingerprint density at radius 1 is 0.577 bits per heavy atom. The van der Waals surface area contributed by atoms with E-state index in [2.05, 4.69) is 61.2 Å². The summed E-state index contributed by atoms with van der Waals surface area (Å²) in [5.74, 6) is 13.6. The van der Waals surface area contributed by atoms with Crippen molar-refractivity contribution >= 4 is 0 Å². The Labute approximate surface area is 163 Å². The summed E-state index contributed by atoms with van der Waals surface area (Å²) in [6.45, 7) is 11.3. The molecule has 0 saturated carbocycles. The van der Waals surface area contributed by atoms with Crippen LogP contribution < -0.4 is 0 Å². The van der Waals surface area contributed by atoms with Crippen LogP contribution in [0.15, 0.2) is 0 Å². The second-order valence-electron chi connectivity index (χ2n) is 8.52. The lowest BCUT2D eigenvalue weighted by atomic mass is 9.98. The minimum Gasteiger partial charge on any atom is -0.287 e. The molecule has 2 heteroatoms. The number of unbranched alkanes of at least 4 members (excludes halogenated alkanes) is 3. The molecule has 2 aliphatic heterocycles. The topological polar surface area (TPSA) is 6.48 Å². The molecule has 2 nitrogen and oxygen atoms in total. The van der Waals surface area contributed by atoms with Crippen LogP contribution in [0, 0.1) is 23.7 Å². The molecule has 0 amide bonds. The summed E-state index contributed by atoms with van der Waals surface area (Å²) in [5.41, 5.74) is 0. The third-order valence-electron chi connectivity index (χ3n) is 6.38. The smallest absolute Gasteiger partial charge is 0.0606 e. The standard InChI is InChI=1S/C24H40N2/c1-21-15-13-16-22(2)25(21)19-11-9-7-5-6-8-10-12-20-26-23(3)17-14-18-24(26)4/h21-24H,5-8,13-20H2,1-4H3. The number of likely N-dealkylation sites (tertiary alicyclic amines) is 2. The Morgan fingerprint density at radius 3 is 1.27 bits per heavy atom. The Hall–Kier alpha value is -0.960. The summed E-state index contributed by atoms with van der Waals surface area (Å²) in [7, 11) is 0. The van der Waals surface area contributed by atoms with Crippen molar-refractivity contribution in [2.75, 3.05) is 13.1 Å². The molecule has 2 heterocycles. The third-order valence-corrected chi connectivity index (χ3v) is 6.38. The van der Waals surface area contributed by atoms with Crippen molar-refractivity contribution in [1.82, 2.24) is 9.80 Å². The zero-order chi connectivity index (χ0) is 18.8. The first-order valence-electron chi connectivity index (χ1n) is 11.0. The first-order chi connectivity index (χ1) is 12.6. The molecule has 4 unspecified atom stereocenters. The van der Waals surface area contributed by atoms with Crippen LogP contribution in [-0.2, 0) is 0 Å². The lowest BCUT2D eigenvalue weighted by Crippen LogP contribution is -2.43. The zero-order valence-electron chi connectivity index (χ0n) is 17.7. The Balaban J connectivity index is 1.55.